The third-order valence-corrected chi connectivity index (χ3v) is 2.91. The highest BCUT2D eigenvalue weighted by atomic mass is 35.5. The Morgan fingerprint density at radius 3 is 2.33 bits per heavy atom. The predicted molar refractivity (Wildman–Crippen MR) is 64.6 cm³/mol. The van der Waals surface area contributed by atoms with Gasteiger partial charge in [0.2, 0.25) is 0 Å². The third-order valence-electron chi connectivity index (χ3n) is 2.34. The molecule has 0 heterocycles. The monoisotopic (exact) mass is 247 g/mol. The van der Waals surface area contributed by atoms with Crippen molar-refractivity contribution in [2.24, 2.45) is 5.73 Å². The highest BCUT2D eigenvalue weighted by Crippen LogP contribution is 2.34. The van der Waals surface area contributed by atoms with E-state index in [9.17, 15) is 5.11 Å². The Morgan fingerprint density at radius 2 is 1.87 bits per heavy atom. The van der Waals surface area contributed by atoms with Crippen LogP contribution in [-0.4, -0.2) is 5.11 Å². The average molecular weight is 248 g/mol. The fourth-order valence-electron chi connectivity index (χ4n) is 1.39. The van der Waals surface area contributed by atoms with Crippen LogP contribution in [0.15, 0.2) is 12.1 Å². The van der Waals surface area contributed by atoms with E-state index in [1.807, 2.05) is 0 Å². The highest BCUT2D eigenvalue weighted by Gasteiger charge is 2.11. The van der Waals surface area contributed by atoms with Crippen LogP contribution in [0.25, 0.3) is 0 Å². The van der Waals surface area contributed by atoms with Crippen molar-refractivity contribution < 1.29 is 5.11 Å². The third kappa shape index (κ3) is 3.26. The molecule has 84 valence electrons. The van der Waals surface area contributed by atoms with Crippen molar-refractivity contribution in [3.05, 3.63) is 27.7 Å². The lowest BCUT2D eigenvalue weighted by atomic mass is 10.0. The minimum atomic E-state index is -0.0789. The van der Waals surface area contributed by atoms with E-state index in [1.165, 1.54) is 0 Å². The number of benzene rings is 1. The van der Waals surface area contributed by atoms with Crippen LogP contribution in [0, 0.1) is 0 Å². The molecule has 0 unspecified atom stereocenters. The van der Waals surface area contributed by atoms with Crippen LogP contribution in [0.2, 0.25) is 10.0 Å². The van der Waals surface area contributed by atoms with Gasteiger partial charge in [-0.25, -0.2) is 0 Å². The van der Waals surface area contributed by atoms with Gasteiger partial charge in [-0.3, -0.25) is 0 Å². The SMILES string of the molecule is CCCC[C@@H](N)c1cc(Cl)c(O)c(Cl)c1. The van der Waals surface area contributed by atoms with Crippen LogP contribution in [0.4, 0.5) is 0 Å². The number of aromatic hydroxyl groups is 1. The molecule has 1 aromatic carbocycles. The van der Waals surface area contributed by atoms with Crippen molar-refractivity contribution in [2.75, 3.05) is 0 Å². The van der Waals surface area contributed by atoms with Crippen molar-refractivity contribution in [3.63, 3.8) is 0 Å². The quantitative estimate of drug-likeness (QED) is 0.849. The zero-order valence-corrected chi connectivity index (χ0v) is 10.1. The van der Waals surface area contributed by atoms with Gasteiger partial charge in [-0.05, 0) is 24.1 Å². The molecule has 0 aliphatic heterocycles. The van der Waals surface area contributed by atoms with Crippen LogP contribution >= 0.6 is 23.2 Å². The van der Waals surface area contributed by atoms with E-state index in [1.54, 1.807) is 12.1 Å². The van der Waals surface area contributed by atoms with Crippen molar-refractivity contribution >= 4 is 23.2 Å². The van der Waals surface area contributed by atoms with Crippen LogP contribution in [0.3, 0.4) is 0 Å². The molecule has 0 fully saturated rings. The number of rotatable bonds is 4. The molecule has 3 N–H and O–H groups in total. The van der Waals surface area contributed by atoms with Crippen LogP contribution in [0.1, 0.15) is 37.8 Å². The molecule has 0 spiro atoms. The molecular formula is C11H15Cl2NO. The zero-order valence-electron chi connectivity index (χ0n) is 8.63. The molecular weight excluding hydrogens is 233 g/mol. The summed E-state index contributed by atoms with van der Waals surface area (Å²) in [6, 6.07) is 3.27. The van der Waals surface area contributed by atoms with E-state index in [0.717, 1.165) is 24.8 Å². The number of phenolic OH excluding ortho intramolecular Hbond substituents is 1. The molecule has 0 aliphatic carbocycles. The first kappa shape index (κ1) is 12.6. The normalized spacial score (nSPS) is 12.8. The molecule has 2 nitrogen and oxygen atoms in total. The summed E-state index contributed by atoms with van der Waals surface area (Å²) in [5, 5.41) is 9.89. The fraction of sp³-hybridized carbons (Fsp3) is 0.455. The minimum Gasteiger partial charge on any atom is -0.505 e. The highest BCUT2D eigenvalue weighted by molar-refractivity contribution is 6.37. The van der Waals surface area contributed by atoms with Gasteiger partial charge in [0.15, 0.2) is 5.75 Å². The van der Waals surface area contributed by atoms with Gasteiger partial charge in [0.05, 0.1) is 10.0 Å². The van der Waals surface area contributed by atoms with Gasteiger partial charge in [-0.1, -0.05) is 43.0 Å². The fourth-order valence-corrected chi connectivity index (χ4v) is 1.89. The first-order chi connectivity index (χ1) is 7.06. The number of hydrogen-bond donors (Lipinski definition) is 2. The molecule has 4 heteroatoms. The van der Waals surface area contributed by atoms with Gasteiger partial charge in [0.1, 0.15) is 0 Å². The van der Waals surface area contributed by atoms with Gasteiger partial charge in [-0.2, -0.15) is 0 Å². The summed E-state index contributed by atoms with van der Waals surface area (Å²) < 4.78 is 0. The van der Waals surface area contributed by atoms with Crippen LogP contribution < -0.4 is 5.73 Å². The molecule has 0 radical (unpaired) electrons. The Morgan fingerprint density at radius 1 is 1.33 bits per heavy atom. The molecule has 15 heavy (non-hydrogen) atoms. The van der Waals surface area contributed by atoms with Gasteiger partial charge in [0, 0.05) is 6.04 Å². The summed E-state index contributed by atoms with van der Waals surface area (Å²) >= 11 is 11.6. The number of nitrogens with two attached hydrogens (primary N) is 1. The Labute approximate surface area is 100.0 Å². The second kappa shape index (κ2) is 5.59. The summed E-state index contributed by atoms with van der Waals surface area (Å²) in [5.74, 6) is -0.0789. The van der Waals surface area contributed by atoms with E-state index in [-0.39, 0.29) is 21.8 Å². The van der Waals surface area contributed by atoms with Gasteiger partial charge in [-0.15, -0.1) is 0 Å². The van der Waals surface area contributed by atoms with Crippen molar-refractivity contribution in [1.29, 1.82) is 0 Å². The summed E-state index contributed by atoms with van der Waals surface area (Å²) in [4.78, 5) is 0. The molecule has 0 saturated heterocycles. The average Bonchev–Trinajstić information content (AvgIpc) is 2.21. The number of halogens is 2. The summed E-state index contributed by atoms with van der Waals surface area (Å²) in [7, 11) is 0. The maximum absolute atomic E-state index is 9.38. The number of phenols is 1. The first-order valence-corrected chi connectivity index (χ1v) is 5.75. The topological polar surface area (TPSA) is 46.2 Å². The standard InChI is InChI=1S/C11H15Cl2NO/c1-2-3-4-10(14)7-5-8(12)11(15)9(13)6-7/h5-6,10,15H,2-4,14H2,1H3/t10-/m1/s1. The van der Waals surface area contributed by atoms with Crippen LogP contribution in [0.5, 0.6) is 5.75 Å². The zero-order chi connectivity index (χ0) is 11.4. The predicted octanol–water partition coefficient (Wildman–Crippen LogP) is 3.89. The molecule has 1 rings (SSSR count). The Bertz CT molecular complexity index is 318. The molecule has 0 saturated carbocycles. The van der Waals surface area contributed by atoms with Crippen LogP contribution in [-0.2, 0) is 0 Å². The van der Waals surface area contributed by atoms with Crippen molar-refractivity contribution in [2.45, 2.75) is 32.2 Å². The summed E-state index contributed by atoms with van der Waals surface area (Å²) in [5.41, 5.74) is 6.84. The number of hydrogen-bond acceptors (Lipinski definition) is 2. The van der Waals surface area contributed by atoms with E-state index in [0.29, 0.717) is 0 Å². The molecule has 0 aliphatic rings. The lowest BCUT2D eigenvalue weighted by Crippen LogP contribution is -2.09. The summed E-state index contributed by atoms with van der Waals surface area (Å²) in [6.07, 6.45) is 3.07. The molecule has 0 bridgehead atoms. The molecule has 1 atom stereocenters. The Hall–Kier alpha value is -0.440. The van der Waals surface area contributed by atoms with E-state index >= 15 is 0 Å². The Kier molecular flexibility index (Phi) is 4.71. The largest absolute Gasteiger partial charge is 0.505 e. The van der Waals surface area contributed by atoms with E-state index in [4.69, 9.17) is 28.9 Å². The minimum absolute atomic E-state index is 0.0689. The van der Waals surface area contributed by atoms with Crippen molar-refractivity contribution in [3.8, 4) is 5.75 Å². The maximum atomic E-state index is 9.38. The second-order valence-corrected chi connectivity index (χ2v) is 4.40. The first-order valence-electron chi connectivity index (χ1n) is 4.99. The van der Waals surface area contributed by atoms with E-state index in [2.05, 4.69) is 6.92 Å². The summed E-state index contributed by atoms with van der Waals surface area (Å²) in [6.45, 7) is 2.11. The Balaban J connectivity index is 2.86. The van der Waals surface area contributed by atoms with Gasteiger partial charge >= 0.3 is 0 Å². The maximum Gasteiger partial charge on any atom is 0.152 e. The smallest absolute Gasteiger partial charge is 0.152 e. The lowest BCUT2D eigenvalue weighted by molar-refractivity contribution is 0.475. The molecule has 1 aromatic rings. The van der Waals surface area contributed by atoms with Gasteiger partial charge < -0.3 is 10.8 Å². The van der Waals surface area contributed by atoms with E-state index < -0.39 is 0 Å². The molecule has 0 amide bonds. The lowest BCUT2D eigenvalue weighted by Gasteiger charge is -2.13. The molecule has 0 aromatic heterocycles. The number of unbranched alkanes of at least 4 members (excludes halogenated alkanes) is 1. The van der Waals surface area contributed by atoms with Gasteiger partial charge in [0.25, 0.3) is 0 Å². The second-order valence-electron chi connectivity index (χ2n) is 3.58. The van der Waals surface area contributed by atoms with Crippen molar-refractivity contribution in [1.82, 2.24) is 0 Å².